The van der Waals surface area contributed by atoms with Gasteiger partial charge in [-0.1, -0.05) is 56.7 Å². The van der Waals surface area contributed by atoms with E-state index < -0.39 is 16.1 Å². The lowest BCUT2D eigenvalue weighted by molar-refractivity contribution is -0.123. The van der Waals surface area contributed by atoms with Crippen molar-refractivity contribution in [3.8, 4) is 0 Å². The van der Waals surface area contributed by atoms with Crippen molar-refractivity contribution in [2.24, 2.45) is 10.9 Å². The fourth-order valence-electron chi connectivity index (χ4n) is 3.76. The average molecular weight is 466 g/mol. The first-order valence-corrected chi connectivity index (χ1v) is 12.4. The number of nitrogens with one attached hydrogen (secondary N) is 2. The quantitative estimate of drug-likeness (QED) is 0.534. The minimum Gasteiger partial charge on any atom is -0.350 e. The molecule has 2 aromatic carbocycles. The second-order valence-corrected chi connectivity index (χ2v) is 9.83. The van der Waals surface area contributed by atoms with Crippen LogP contribution in [0.5, 0.6) is 0 Å². The number of sulfonamides is 1. The number of carbonyl (C=O) groups is 1. The van der Waals surface area contributed by atoms with Gasteiger partial charge < -0.3 is 9.88 Å². The van der Waals surface area contributed by atoms with Gasteiger partial charge >= 0.3 is 0 Å². The van der Waals surface area contributed by atoms with Gasteiger partial charge in [-0.05, 0) is 29.2 Å². The monoisotopic (exact) mass is 465 g/mol. The van der Waals surface area contributed by atoms with Gasteiger partial charge in [0.05, 0.1) is 11.2 Å². The first-order valence-electron chi connectivity index (χ1n) is 10.9. The number of aromatic nitrogens is 2. The molecule has 0 unspecified atom stereocenters. The molecule has 0 aliphatic carbocycles. The molecule has 0 spiro atoms. The van der Waals surface area contributed by atoms with E-state index in [9.17, 15) is 13.2 Å². The molecule has 0 bridgehead atoms. The Labute approximate surface area is 193 Å². The van der Waals surface area contributed by atoms with E-state index in [1.807, 2.05) is 48.9 Å². The number of fused-ring (bicyclic) bond motifs is 1. The molecule has 0 fully saturated rings. The van der Waals surface area contributed by atoms with Gasteiger partial charge in [-0.2, -0.15) is 0 Å². The van der Waals surface area contributed by atoms with E-state index >= 15 is 0 Å². The van der Waals surface area contributed by atoms with E-state index in [1.165, 1.54) is 6.07 Å². The fourth-order valence-corrected chi connectivity index (χ4v) is 5.00. The second-order valence-electron chi connectivity index (χ2n) is 8.18. The van der Waals surface area contributed by atoms with Gasteiger partial charge in [0, 0.05) is 31.0 Å². The Bertz CT molecular complexity index is 1270. The molecule has 1 amide bonds. The van der Waals surface area contributed by atoms with Crippen molar-refractivity contribution in [1.82, 2.24) is 19.6 Å². The molecule has 2 atom stereocenters. The van der Waals surface area contributed by atoms with E-state index in [0.717, 1.165) is 17.5 Å². The van der Waals surface area contributed by atoms with Crippen molar-refractivity contribution in [3.63, 3.8) is 0 Å². The molecule has 4 rings (SSSR count). The summed E-state index contributed by atoms with van der Waals surface area (Å²) in [6.07, 6.45) is 6.13. The van der Waals surface area contributed by atoms with Crippen molar-refractivity contribution in [2.75, 3.05) is 0 Å². The van der Waals surface area contributed by atoms with Crippen LogP contribution in [0.3, 0.4) is 0 Å². The van der Waals surface area contributed by atoms with Crippen LogP contribution in [-0.2, 0) is 27.9 Å². The van der Waals surface area contributed by atoms with Crippen LogP contribution in [0.2, 0.25) is 0 Å². The molecule has 1 aliphatic heterocycles. The molecule has 0 radical (unpaired) electrons. The van der Waals surface area contributed by atoms with Gasteiger partial charge in [-0.25, -0.2) is 13.4 Å². The number of amidine groups is 1. The number of amides is 1. The van der Waals surface area contributed by atoms with Crippen molar-refractivity contribution in [1.29, 1.82) is 0 Å². The molecule has 1 aliphatic rings. The van der Waals surface area contributed by atoms with E-state index in [1.54, 1.807) is 30.7 Å². The van der Waals surface area contributed by atoms with Crippen LogP contribution in [0, 0.1) is 5.92 Å². The van der Waals surface area contributed by atoms with Crippen molar-refractivity contribution in [3.05, 3.63) is 83.9 Å². The minimum atomic E-state index is -3.66. The molecule has 33 heavy (non-hydrogen) atoms. The maximum Gasteiger partial charge on any atom is 0.263 e. The van der Waals surface area contributed by atoms with Gasteiger partial charge in [-0.3, -0.25) is 14.5 Å². The van der Waals surface area contributed by atoms with Gasteiger partial charge in [0.25, 0.3) is 10.0 Å². The number of benzene rings is 2. The van der Waals surface area contributed by atoms with Crippen LogP contribution in [0.15, 0.2) is 77.1 Å². The van der Waals surface area contributed by atoms with Crippen molar-refractivity contribution >= 4 is 21.8 Å². The third-order valence-electron chi connectivity index (χ3n) is 5.76. The third kappa shape index (κ3) is 5.14. The highest BCUT2D eigenvalue weighted by Crippen LogP contribution is 2.24. The Balaban J connectivity index is 1.50. The number of aliphatic imine (C=N–C) groups is 1. The smallest absolute Gasteiger partial charge is 0.263 e. The minimum absolute atomic E-state index is 0.0673. The first-order chi connectivity index (χ1) is 15.9. The van der Waals surface area contributed by atoms with Crippen LogP contribution in [0.4, 0.5) is 0 Å². The Morgan fingerprint density at radius 1 is 1.18 bits per heavy atom. The summed E-state index contributed by atoms with van der Waals surface area (Å²) in [6, 6.07) is 13.9. The van der Waals surface area contributed by atoms with Crippen LogP contribution < -0.4 is 10.0 Å². The first kappa shape index (κ1) is 22.7. The Morgan fingerprint density at radius 3 is 2.73 bits per heavy atom. The molecule has 1 aromatic heterocycles. The highest BCUT2D eigenvalue weighted by Gasteiger charge is 2.33. The molecule has 0 saturated carbocycles. The Hall–Kier alpha value is -3.46. The Kier molecular flexibility index (Phi) is 6.60. The predicted molar refractivity (Wildman–Crippen MR) is 126 cm³/mol. The number of hydrogen-bond donors (Lipinski definition) is 2. The SMILES string of the molecule is CC[C@H](C)[C@H](N=C1NS(=O)(=O)c2ccccc21)C(=O)NCc1cccc(Cn2ccnc2)c1. The zero-order chi connectivity index (χ0) is 23.4. The van der Waals surface area contributed by atoms with Crippen LogP contribution in [-0.4, -0.2) is 35.8 Å². The largest absolute Gasteiger partial charge is 0.350 e. The second kappa shape index (κ2) is 9.58. The van der Waals surface area contributed by atoms with E-state index in [2.05, 4.69) is 20.0 Å². The highest BCUT2D eigenvalue weighted by atomic mass is 32.2. The number of carbonyl (C=O) groups excluding carboxylic acids is 1. The van der Waals surface area contributed by atoms with Crippen molar-refractivity contribution < 1.29 is 13.2 Å². The van der Waals surface area contributed by atoms with Gasteiger partial charge in [0.2, 0.25) is 5.91 Å². The predicted octanol–water partition coefficient (Wildman–Crippen LogP) is 2.70. The summed E-state index contributed by atoms with van der Waals surface area (Å²) in [6.45, 7) is 4.98. The summed E-state index contributed by atoms with van der Waals surface area (Å²) in [5, 5.41) is 2.98. The molecule has 8 nitrogen and oxygen atoms in total. The van der Waals surface area contributed by atoms with Crippen LogP contribution >= 0.6 is 0 Å². The van der Waals surface area contributed by atoms with Crippen molar-refractivity contribution in [2.45, 2.75) is 44.3 Å². The topological polar surface area (TPSA) is 105 Å². The summed E-state index contributed by atoms with van der Waals surface area (Å²) >= 11 is 0. The number of imidazole rings is 1. The summed E-state index contributed by atoms with van der Waals surface area (Å²) in [7, 11) is -3.66. The number of hydrogen-bond acceptors (Lipinski definition) is 5. The molecular formula is C24H27N5O3S. The van der Waals surface area contributed by atoms with Gasteiger partial charge in [0.1, 0.15) is 11.9 Å². The maximum atomic E-state index is 13.1. The van der Waals surface area contributed by atoms with Crippen LogP contribution in [0.1, 0.15) is 37.0 Å². The van der Waals surface area contributed by atoms with Crippen LogP contribution in [0.25, 0.3) is 0 Å². The molecule has 3 aromatic rings. The summed E-state index contributed by atoms with van der Waals surface area (Å²) in [5.74, 6) is -0.0869. The van der Waals surface area contributed by atoms with Gasteiger partial charge in [0.15, 0.2) is 0 Å². The lowest BCUT2D eigenvalue weighted by Gasteiger charge is -2.19. The summed E-state index contributed by atoms with van der Waals surface area (Å²) in [4.78, 5) is 21.9. The standard InChI is InChI=1S/C24H27N5O3S/c1-3-17(2)22(27-23-20-9-4-5-10-21(20)33(31,32)28-23)24(30)26-14-18-7-6-8-19(13-18)15-29-12-11-25-16-29/h4-13,16-17,22H,3,14-15H2,1-2H3,(H,26,30)(H,27,28)/t17-,22-/m0/s1. The lowest BCUT2D eigenvalue weighted by atomic mass is 9.98. The maximum absolute atomic E-state index is 13.1. The normalized spacial score (nSPS) is 17.2. The highest BCUT2D eigenvalue weighted by molar-refractivity contribution is 7.90. The molecular weight excluding hydrogens is 438 g/mol. The zero-order valence-electron chi connectivity index (χ0n) is 18.6. The molecule has 172 valence electrons. The molecule has 2 heterocycles. The summed E-state index contributed by atoms with van der Waals surface area (Å²) < 4.78 is 29.3. The number of nitrogens with zero attached hydrogens (tertiary/aromatic N) is 3. The van der Waals surface area contributed by atoms with Gasteiger partial charge in [-0.15, -0.1) is 0 Å². The van der Waals surface area contributed by atoms with E-state index in [4.69, 9.17) is 0 Å². The fraction of sp³-hybridized carbons (Fsp3) is 0.292. The molecule has 9 heteroatoms. The summed E-state index contributed by atoms with van der Waals surface area (Å²) in [5.41, 5.74) is 2.57. The molecule has 0 saturated heterocycles. The lowest BCUT2D eigenvalue weighted by Crippen LogP contribution is -2.38. The zero-order valence-corrected chi connectivity index (χ0v) is 19.4. The number of rotatable bonds is 8. The van der Waals surface area contributed by atoms with E-state index in [0.29, 0.717) is 18.7 Å². The van der Waals surface area contributed by atoms with E-state index in [-0.39, 0.29) is 22.6 Å². The molecule has 2 N–H and O–H groups in total. The Morgan fingerprint density at radius 2 is 1.97 bits per heavy atom. The average Bonchev–Trinajstić information content (AvgIpc) is 3.41. The third-order valence-corrected chi connectivity index (χ3v) is 7.16.